The van der Waals surface area contributed by atoms with Crippen molar-refractivity contribution in [2.24, 2.45) is 0 Å². The lowest BCUT2D eigenvalue weighted by atomic mass is 10.0. The molecule has 308 valence electrons. The van der Waals surface area contributed by atoms with E-state index in [2.05, 4.69) is 273 Å². The first-order chi connectivity index (χ1) is 32.2. The second-order valence-electron chi connectivity index (χ2n) is 16.6. The molecule has 4 heteroatoms. The molecule has 0 amide bonds. The van der Waals surface area contributed by atoms with Crippen LogP contribution in [0, 0.1) is 0 Å². The van der Waals surface area contributed by atoms with Gasteiger partial charge in [-0.05, 0) is 131 Å². The van der Waals surface area contributed by atoms with Crippen molar-refractivity contribution < 1.29 is 0 Å². The monoisotopic (exact) mass is 832 g/mol. The Balaban J connectivity index is 0.921. The molecule has 0 saturated carbocycles. The number of benzene rings is 5. The van der Waals surface area contributed by atoms with Crippen LogP contribution in [0.1, 0.15) is 12.0 Å². The molecule has 0 unspecified atom stereocenters. The molecular formula is C61H44N4. The Morgan fingerprint density at radius 3 is 1.46 bits per heavy atom. The minimum absolute atomic E-state index is 0.954. The molecule has 0 fully saturated rings. The zero-order valence-corrected chi connectivity index (χ0v) is 35.7. The maximum atomic E-state index is 2.36. The summed E-state index contributed by atoms with van der Waals surface area (Å²) in [5.74, 6) is 0. The average molecular weight is 833 g/mol. The van der Waals surface area contributed by atoms with Gasteiger partial charge in [-0.15, -0.1) is 0 Å². The molecule has 11 aromatic rings. The summed E-state index contributed by atoms with van der Waals surface area (Å²) in [5, 5.41) is 0. The van der Waals surface area contributed by atoms with Crippen LogP contribution in [-0.4, -0.2) is 13.2 Å². The second kappa shape index (κ2) is 16.3. The summed E-state index contributed by atoms with van der Waals surface area (Å²) in [7, 11) is 0. The molecule has 12 rings (SSSR count). The number of fused-ring (bicyclic) bond motifs is 3. The van der Waals surface area contributed by atoms with E-state index in [1.807, 2.05) is 0 Å². The Morgan fingerprint density at radius 1 is 0.369 bits per heavy atom. The third kappa shape index (κ3) is 6.98. The van der Waals surface area contributed by atoms with Gasteiger partial charge in [0.2, 0.25) is 0 Å². The predicted molar refractivity (Wildman–Crippen MR) is 272 cm³/mol. The zero-order chi connectivity index (χ0) is 43.1. The van der Waals surface area contributed by atoms with Crippen LogP contribution >= 0.6 is 0 Å². The highest BCUT2D eigenvalue weighted by atomic mass is 15.1. The first-order valence-electron chi connectivity index (χ1n) is 22.3. The van der Waals surface area contributed by atoms with E-state index in [1.54, 1.807) is 0 Å². The van der Waals surface area contributed by atoms with E-state index in [-0.39, 0.29) is 0 Å². The highest BCUT2D eigenvalue weighted by molar-refractivity contribution is 5.88. The molecule has 6 aromatic heterocycles. The average Bonchev–Trinajstić information content (AvgIpc) is 4.08. The standard InChI is InChI=1S/C61H44N4/c1-2-6-17-45(16-5-1)55-38-40-62-57(22-12-24-60(55)62)47-26-32-51(33-27-47)65(52-34-28-48(29-35-52)58-23-13-25-61-56(39-41-63(58)61)46-18-9-4-10-19-46)53-36-30-49(31-37-53)59-21-11-20-54-42-50(43-64(54)59)44-14-7-3-8-15-44/h1,3-43H,2H2. The summed E-state index contributed by atoms with van der Waals surface area (Å²) >= 11 is 0. The van der Waals surface area contributed by atoms with Crippen LogP contribution < -0.4 is 4.90 Å². The summed E-state index contributed by atoms with van der Waals surface area (Å²) in [6.45, 7) is 0. The molecule has 4 nitrogen and oxygen atoms in total. The fraction of sp³-hybridized carbons (Fsp3) is 0.0164. The van der Waals surface area contributed by atoms with Crippen molar-refractivity contribution in [3.63, 3.8) is 0 Å². The van der Waals surface area contributed by atoms with E-state index in [9.17, 15) is 0 Å². The lowest BCUT2D eigenvalue weighted by Crippen LogP contribution is -2.10. The second-order valence-corrected chi connectivity index (χ2v) is 16.6. The Hall–Kier alpha value is -8.60. The largest absolute Gasteiger partial charge is 0.316 e. The zero-order valence-electron chi connectivity index (χ0n) is 35.7. The number of aromatic nitrogens is 3. The van der Waals surface area contributed by atoms with Crippen molar-refractivity contribution >= 4 is 39.2 Å². The molecule has 1 aliphatic rings. The van der Waals surface area contributed by atoms with Crippen LogP contribution in [0.4, 0.5) is 17.1 Å². The van der Waals surface area contributed by atoms with E-state index in [1.165, 1.54) is 49.9 Å². The van der Waals surface area contributed by atoms with Crippen molar-refractivity contribution in [3.05, 3.63) is 261 Å². The Bertz CT molecular complexity index is 3520. The van der Waals surface area contributed by atoms with E-state index in [0.717, 1.165) is 57.3 Å². The number of pyridine rings is 3. The van der Waals surface area contributed by atoms with E-state index in [4.69, 9.17) is 0 Å². The van der Waals surface area contributed by atoms with E-state index < -0.39 is 0 Å². The Labute approximate surface area is 378 Å². The molecule has 0 atom stereocenters. The molecule has 0 saturated heterocycles. The summed E-state index contributed by atoms with van der Waals surface area (Å²) in [6, 6.07) is 74.6. The molecule has 65 heavy (non-hydrogen) atoms. The van der Waals surface area contributed by atoms with Crippen LogP contribution in [-0.2, 0) is 0 Å². The van der Waals surface area contributed by atoms with Gasteiger partial charge >= 0.3 is 0 Å². The minimum atomic E-state index is 0.954. The third-order valence-corrected chi connectivity index (χ3v) is 12.8. The molecule has 0 radical (unpaired) electrons. The van der Waals surface area contributed by atoms with Gasteiger partial charge in [-0.2, -0.15) is 0 Å². The number of hydrogen-bond donors (Lipinski definition) is 0. The van der Waals surface area contributed by atoms with Gasteiger partial charge in [-0.1, -0.05) is 146 Å². The van der Waals surface area contributed by atoms with Crippen LogP contribution in [0.5, 0.6) is 0 Å². The van der Waals surface area contributed by atoms with Crippen molar-refractivity contribution in [1.29, 1.82) is 0 Å². The van der Waals surface area contributed by atoms with Gasteiger partial charge in [0.15, 0.2) is 0 Å². The quantitative estimate of drug-likeness (QED) is 0.142. The van der Waals surface area contributed by atoms with Crippen molar-refractivity contribution in [1.82, 2.24) is 13.2 Å². The van der Waals surface area contributed by atoms with Gasteiger partial charge < -0.3 is 18.1 Å². The van der Waals surface area contributed by atoms with E-state index in [0.29, 0.717) is 0 Å². The summed E-state index contributed by atoms with van der Waals surface area (Å²) < 4.78 is 6.91. The number of rotatable bonds is 9. The van der Waals surface area contributed by atoms with Crippen molar-refractivity contribution in [3.8, 4) is 56.0 Å². The fourth-order valence-corrected chi connectivity index (χ4v) is 9.56. The summed E-state index contributed by atoms with van der Waals surface area (Å²) in [6.07, 6.45) is 18.6. The lowest BCUT2D eigenvalue weighted by molar-refractivity contribution is 1.20. The first kappa shape index (κ1) is 38.1. The molecular weight excluding hydrogens is 789 g/mol. The van der Waals surface area contributed by atoms with Gasteiger partial charge in [0.05, 0.1) is 28.1 Å². The van der Waals surface area contributed by atoms with E-state index >= 15 is 0 Å². The van der Waals surface area contributed by atoms with Crippen LogP contribution in [0.15, 0.2) is 255 Å². The van der Waals surface area contributed by atoms with Gasteiger partial charge in [0.25, 0.3) is 0 Å². The Morgan fingerprint density at radius 2 is 0.877 bits per heavy atom. The summed E-state index contributed by atoms with van der Waals surface area (Å²) in [4.78, 5) is 2.36. The third-order valence-electron chi connectivity index (χ3n) is 12.8. The summed E-state index contributed by atoms with van der Waals surface area (Å²) in [5.41, 5.74) is 21.0. The smallest absolute Gasteiger partial charge is 0.0534 e. The minimum Gasteiger partial charge on any atom is -0.316 e. The van der Waals surface area contributed by atoms with Crippen molar-refractivity contribution in [2.75, 3.05) is 4.90 Å². The van der Waals surface area contributed by atoms with Gasteiger partial charge in [0.1, 0.15) is 0 Å². The van der Waals surface area contributed by atoms with Crippen molar-refractivity contribution in [2.45, 2.75) is 6.42 Å². The molecule has 0 N–H and O–H groups in total. The number of nitrogens with zero attached hydrogens (tertiary/aromatic N) is 4. The number of anilines is 3. The highest BCUT2D eigenvalue weighted by Gasteiger charge is 2.17. The van der Waals surface area contributed by atoms with Gasteiger partial charge in [-0.25, -0.2) is 0 Å². The molecule has 1 aliphatic carbocycles. The maximum Gasteiger partial charge on any atom is 0.0534 e. The number of allylic oxidation sites excluding steroid dienone is 6. The van der Waals surface area contributed by atoms with Crippen LogP contribution in [0.2, 0.25) is 0 Å². The topological polar surface area (TPSA) is 16.5 Å². The molecule has 0 spiro atoms. The first-order valence-corrected chi connectivity index (χ1v) is 22.3. The Kier molecular flexibility index (Phi) is 9.53. The number of hydrogen-bond acceptors (Lipinski definition) is 1. The predicted octanol–water partition coefficient (Wildman–Crippen LogP) is 16.1. The SMILES string of the molecule is C1=CCC=CC(c2ccn3c(-c4ccc(N(c5ccc(-c6cccc7cc(-c8ccccc8)cn67)cc5)c5ccc(-c6cccc7c(-c8ccccc8)ccn67)cc5)cc4)cccc23)=C1. The normalized spacial score (nSPS) is 12.5. The van der Waals surface area contributed by atoms with Crippen LogP contribution in [0.3, 0.4) is 0 Å². The highest BCUT2D eigenvalue weighted by Crippen LogP contribution is 2.39. The molecule has 5 aromatic carbocycles. The lowest BCUT2D eigenvalue weighted by Gasteiger charge is -2.26. The van der Waals surface area contributed by atoms with Gasteiger partial charge in [-0.3, -0.25) is 0 Å². The van der Waals surface area contributed by atoms with Gasteiger partial charge in [0, 0.05) is 57.9 Å². The molecule has 0 aliphatic heterocycles. The fourth-order valence-electron chi connectivity index (χ4n) is 9.56. The van der Waals surface area contributed by atoms with Crippen LogP contribution in [0.25, 0.3) is 78.1 Å². The molecule has 6 heterocycles. The molecule has 0 bridgehead atoms. The maximum absolute atomic E-state index is 2.36.